The molecule has 0 fully saturated rings. The first-order valence-electron chi connectivity index (χ1n) is 5.61. The molecule has 6 nitrogen and oxygen atoms in total. The minimum absolute atomic E-state index is 0.0406. The Labute approximate surface area is 120 Å². The van der Waals surface area contributed by atoms with E-state index in [0.717, 1.165) is 0 Å². The average Bonchev–Trinajstić information content (AvgIpc) is 2.46. The molecule has 1 heterocycles. The predicted octanol–water partition coefficient (Wildman–Crippen LogP) is 2.17. The van der Waals surface area contributed by atoms with E-state index in [0.29, 0.717) is 22.2 Å². The second kappa shape index (κ2) is 5.75. The van der Waals surface area contributed by atoms with Gasteiger partial charge in [-0.1, -0.05) is 11.6 Å². The second-order valence-corrected chi connectivity index (χ2v) is 4.27. The van der Waals surface area contributed by atoms with Crippen molar-refractivity contribution in [2.75, 3.05) is 20.0 Å². The summed E-state index contributed by atoms with van der Waals surface area (Å²) in [6.45, 7) is 0. The van der Waals surface area contributed by atoms with Crippen LogP contribution in [-0.2, 0) is 4.74 Å². The molecule has 20 heavy (non-hydrogen) atoms. The third kappa shape index (κ3) is 2.65. The number of carbonyl (C=O) groups excluding carboxylic acids is 1. The number of benzene rings is 1. The SMILES string of the molecule is COC(=O)c1cnc(-c2ccc(Cl)cc2OC)nc1N. The van der Waals surface area contributed by atoms with Gasteiger partial charge in [-0.15, -0.1) is 0 Å². The number of esters is 1. The monoisotopic (exact) mass is 293 g/mol. The van der Waals surface area contributed by atoms with Crippen LogP contribution in [0.3, 0.4) is 0 Å². The third-order valence-electron chi connectivity index (χ3n) is 2.63. The van der Waals surface area contributed by atoms with Gasteiger partial charge in [0.2, 0.25) is 0 Å². The fraction of sp³-hybridized carbons (Fsp3) is 0.154. The molecule has 0 radical (unpaired) electrons. The van der Waals surface area contributed by atoms with Crippen molar-refractivity contribution in [2.45, 2.75) is 0 Å². The minimum Gasteiger partial charge on any atom is -0.496 e. The molecule has 0 bridgehead atoms. The largest absolute Gasteiger partial charge is 0.496 e. The quantitative estimate of drug-likeness (QED) is 0.873. The molecule has 0 aliphatic heterocycles. The molecule has 0 spiro atoms. The molecule has 7 heteroatoms. The molecular weight excluding hydrogens is 282 g/mol. The van der Waals surface area contributed by atoms with Crippen LogP contribution in [0.15, 0.2) is 24.4 Å². The molecule has 0 atom stereocenters. The van der Waals surface area contributed by atoms with E-state index in [1.165, 1.54) is 20.4 Å². The lowest BCUT2D eigenvalue weighted by atomic mass is 10.2. The van der Waals surface area contributed by atoms with Crippen molar-refractivity contribution in [2.24, 2.45) is 0 Å². The molecule has 0 unspecified atom stereocenters. The summed E-state index contributed by atoms with van der Waals surface area (Å²) in [4.78, 5) is 19.6. The van der Waals surface area contributed by atoms with Crippen molar-refractivity contribution >= 4 is 23.4 Å². The Balaban J connectivity index is 2.49. The summed E-state index contributed by atoms with van der Waals surface area (Å²) in [7, 11) is 2.78. The van der Waals surface area contributed by atoms with E-state index in [1.54, 1.807) is 18.2 Å². The van der Waals surface area contributed by atoms with E-state index in [-0.39, 0.29) is 11.4 Å². The number of ether oxygens (including phenoxy) is 2. The second-order valence-electron chi connectivity index (χ2n) is 3.83. The number of aromatic nitrogens is 2. The van der Waals surface area contributed by atoms with Crippen molar-refractivity contribution in [1.29, 1.82) is 0 Å². The van der Waals surface area contributed by atoms with Crippen molar-refractivity contribution in [1.82, 2.24) is 9.97 Å². The highest BCUT2D eigenvalue weighted by Crippen LogP contribution is 2.30. The van der Waals surface area contributed by atoms with Gasteiger partial charge in [-0.25, -0.2) is 14.8 Å². The lowest BCUT2D eigenvalue weighted by Gasteiger charge is -2.09. The molecule has 0 aliphatic carbocycles. The van der Waals surface area contributed by atoms with Crippen molar-refractivity contribution in [3.63, 3.8) is 0 Å². The number of hydrogen-bond acceptors (Lipinski definition) is 6. The molecule has 0 saturated carbocycles. The lowest BCUT2D eigenvalue weighted by Crippen LogP contribution is -2.09. The number of nitrogens with two attached hydrogens (primary N) is 1. The van der Waals surface area contributed by atoms with Gasteiger partial charge in [0.15, 0.2) is 5.82 Å². The van der Waals surface area contributed by atoms with E-state index in [2.05, 4.69) is 14.7 Å². The summed E-state index contributed by atoms with van der Waals surface area (Å²) < 4.78 is 9.80. The molecule has 2 rings (SSSR count). The van der Waals surface area contributed by atoms with Crippen molar-refractivity contribution < 1.29 is 14.3 Å². The molecule has 0 amide bonds. The smallest absolute Gasteiger partial charge is 0.343 e. The summed E-state index contributed by atoms with van der Waals surface area (Å²) in [5.74, 6) is 0.308. The van der Waals surface area contributed by atoms with E-state index in [1.807, 2.05) is 0 Å². The van der Waals surface area contributed by atoms with Crippen LogP contribution in [-0.4, -0.2) is 30.2 Å². The topological polar surface area (TPSA) is 87.3 Å². The van der Waals surface area contributed by atoms with Gasteiger partial charge in [-0.05, 0) is 18.2 Å². The maximum absolute atomic E-state index is 11.4. The summed E-state index contributed by atoms with van der Waals surface area (Å²) in [6, 6.07) is 5.05. The Bertz CT molecular complexity index is 661. The first kappa shape index (κ1) is 14.1. The zero-order chi connectivity index (χ0) is 14.7. The maximum atomic E-state index is 11.4. The molecule has 2 N–H and O–H groups in total. The number of anilines is 1. The Kier molecular flexibility index (Phi) is 4.05. The van der Waals surface area contributed by atoms with Crippen molar-refractivity contribution in [3.8, 4) is 17.1 Å². The van der Waals surface area contributed by atoms with Gasteiger partial charge in [0, 0.05) is 11.2 Å². The van der Waals surface area contributed by atoms with Gasteiger partial charge in [-0.2, -0.15) is 0 Å². The zero-order valence-corrected chi connectivity index (χ0v) is 11.6. The van der Waals surface area contributed by atoms with Crippen LogP contribution in [0.2, 0.25) is 5.02 Å². The van der Waals surface area contributed by atoms with Gasteiger partial charge < -0.3 is 15.2 Å². The van der Waals surface area contributed by atoms with Crippen LogP contribution in [0.1, 0.15) is 10.4 Å². The van der Waals surface area contributed by atoms with Gasteiger partial charge in [0.1, 0.15) is 17.1 Å². The van der Waals surface area contributed by atoms with E-state index < -0.39 is 5.97 Å². The lowest BCUT2D eigenvalue weighted by molar-refractivity contribution is 0.0601. The Morgan fingerprint density at radius 3 is 2.70 bits per heavy atom. The summed E-state index contributed by atoms with van der Waals surface area (Å²) in [5.41, 5.74) is 6.48. The summed E-state index contributed by atoms with van der Waals surface area (Å²) in [6.07, 6.45) is 1.32. The average molecular weight is 294 g/mol. The van der Waals surface area contributed by atoms with Crippen LogP contribution in [0.25, 0.3) is 11.4 Å². The molecule has 0 saturated heterocycles. The number of halogens is 1. The Hall–Kier alpha value is -2.34. The molecule has 1 aromatic heterocycles. The van der Waals surface area contributed by atoms with Crippen LogP contribution < -0.4 is 10.5 Å². The molecule has 2 aromatic rings. The summed E-state index contributed by atoms with van der Waals surface area (Å²) in [5, 5.41) is 0.532. The molecule has 0 aliphatic rings. The number of nitrogen functional groups attached to an aromatic ring is 1. The van der Waals surface area contributed by atoms with E-state index in [9.17, 15) is 4.79 Å². The van der Waals surface area contributed by atoms with Crippen LogP contribution >= 0.6 is 11.6 Å². The zero-order valence-electron chi connectivity index (χ0n) is 10.9. The maximum Gasteiger partial charge on any atom is 0.343 e. The molecular formula is C13H12ClN3O3. The number of rotatable bonds is 3. The predicted molar refractivity (Wildman–Crippen MR) is 74.8 cm³/mol. The Morgan fingerprint density at radius 1 is 1.35 bits per heavy atom. The summed E-state index contributed by atoms with van der Waals surface area (Å²) >= 11 is 5.89. The van der Waals surface area contributed by atoms with E-state index >= 15 is 0 Å². The molecule has 104 valence electrons. The number of nitrogens with zero attached hydrogens (tertiary/aromatic N) is 2. The highest BCUT2D eigenvalue weighted by Gasteiger charge is 2.15. The van der Waals surface area contributed by atoms with Crippen molar-refractivity contribution in [3.05, 3.63) is 35.0 Å². The fourth-order valence-corrected chi connectivity index (χ4v) is 1.80. The molecule has 1 aromatic carbocycles. The van der Waals surface area contributed by atoms with Crippen LogP contribution in [0.4, 0.5) is 5.82 Å². The fourth-order valence-electron chi connectivity index (χ4n) is 1.64. The number of hydrogen-bond donors (Lipinski definition) is 1. The standard InChI is InChI=1S/C13H12ClN3O3/c1-19-10-5-7(14)3-4-8(10)12-16-6-9(11(15)17-12)13(18)20-2/h3-6H,1-2H3,(H2,15,16,17). The highest BCUT2D eigenvalue weighted by molar-refractivity contribution is 6.30. The van der Waals surface area contributed by atoms with Gasteiger partial charge in [0.25, 0.3) is 0 Å². The highest BCUT2D eigenvalue weighted by atomic mass is 35.5. The normalized spacial score (nSPS) is 10.2. The van der Waals surface area contributed by atoms with Crippen LogP contribution in [0.5, 0.6) is 5.75 Å². The number of methoxy groups -OCH3 is 2. The minimum atomic E-state index is -0.586. The van der Waals surface area contributed by atoms with Crippen LogP contribution in [0, 0.1) is 0 Å². The third-order valence-corrected chi connectivity index (χ3v) is 2.86. The van der Waals surface area contributed by atoms with Gasteiger partial charge in [0.05, 0.1) is 19.8 Å². The number of carbonyl (C=O) groups is 1. The van der Waals surface area contributed by atoms with E-state index in [4.69, 9.17) is 22.1 Å². The first-order valence-corrected chi connectivity index (χ1v) is 5.99. The van der Waals surface area contributed by atoms with Gasteiger partial charge in [-0.3, -0.25) is 0 Å². The Morgan fingerprint density at radius 2 is 2.10 bits per heavy atom. The van der Waals surface area contributed by atoms with Gasteiger partial charge >= 0.3 is 5.97 Å². The first-order chi connectivity index (χ1) is 9.56.